The fraction of sp³-hybridized carbons (Fsp3) is 0.125. The summed E-state index contributed by atoms with van der Waals surface area (Å²) in [5.41, 5.74) is 2.05. The minimum atomic E-state index is -0.198. The molecule has 2 N–H and O–H groups in total. The Bertz CT molecular complexity index is 703. The van der Waals surface area contributed by atoms with Crippen LogP contribution in [0.4, 0.5) is 4.39 Å². The van der Waals surface area contributed by atoms with E-state index in [0.29, 0.717) is 6.54 Å². The van der Waals surface area contributed by atoms with Gasteiger partial charge in [-0.05, 0) is 42.9 Å². The minimum absolute atomic E-state index is 0.198. The lowest BCUT2D eigenvalue weighted by Gasteiger charge is -2.04. The van der Waals surface area contributed by atoms with E-state index in [9.17, 15) is 4.39 Å². The van der Waals surface area contributed by atoms with Crippen molar-refractivity contribution in [2.75, 3.05) is 7.05 Å². The van der Waals surface area contributed by atoms with E-state index in [4.69, 9.17) is 0 Å². The van der Waals surface area contributed by atoms with Crippen LogP contribution < -0.4 is 5.32 Å². The van der Waals surface area contributed by atoms with Crippen LogP contribution in [0, 0.1) is 5.82 Å². The summed E-state index contributed by atoms with van der Waals surface area (Å²) in [6.45, 7) is 0.665. The number of aromatic amines is 1. The second-order valence-corrected chi connectivity index (χ2v) is 5.76. The number of nitrogens with one attached hydrogen (secondary N) is 2. The van der Waals surface area contributed by atoms with Gasteiger partial charge >= 0.3 is 0 Å². The lowest BCUT2D eigenvalue weighted by atomic mass is 10.2. The number of aromatic nitrogens is 1. The van der Waals surface area contributed by atoms with Gasteiger partial charge in [0.2, 0.25) is 0 Å². The number of halogens is 1. The Kier molecular flexibility index (Phi) is 3.76. The van der Waals surface area contributed by atoms with Crippen molar-refractivity contribution in [3.63, 3.8) is 0 Å². The van der Waals surface area contributed by atoms with E-state index in [2.05, 4.69) is 22.4 Å². The standard InChI is InChI=1S/C16H15FN2S/c1-18-10-11-6-13(17)9-14(7-11)20-16-8-12-4-2-3-5-15(12)19-16/h2-9,18-19H,10H2,1H3. The van der Waals surface area contributed by atoms with Gasteiger partial charge in [0.1, 0.15) is 5.82 Å². The smallest absolute Gasteiger partial charge is 0.124 e. The van der Waals surface area contributed by atoms with E-state index < -0.39 is 0 Å². The van der Waals surface area contributed by atoms with Crippen LogP contribution in [-0.4, -0.2) is 12.0 Å². The number of para-hydroxylation sites is 1. The molecule has 0 aliphatic rings. The third kappa shape index (κ3) is 2.86. The number of hydrogen-bond donors (Lipinski definition) is 2. The molecule has 0 aliphatic carbocycles. The molecule has 1 aromatic heterocycles. The Morgan fingerprint density at radius 1 is 1.15 bits per heavy atom. The van der Waals surface area contributed by atoms with Crippen LogP contribution >= 0.6 is 11.8 Å². The van der Waals surface area contributed by atoms with Crippen molar-refractivity contribution >= 4 is 22.7 Å². The van der Waals surface area contributed by atoms with E-state index >= 15 is 0 Å². The van der Waals surface area contributed by atoms with Crippen LogP contribution in [0.5, 0.6) is 0 Å². The van der Waals surface area contributed by atoms with Crippen LogP contribution in [0.2, 0.25) is 0 Å². The molecule has 20 heavy (non-hydrogen) atoms. The predicted molar refractivity (Wildman–Crippen MR) is 81.6 cm³/mol. The van der Waals surface area contributed by atoms with E-state index in [1.54, 1.807) is 23.9 Å². The first kappa shape index (κ1) is 13.2. The van der Waals surface area contributed by atoms with Gasteiger partial charge in [-0.3, -0.25) is 0 Å². The Morgan fingerprint density at radius 3 is 2.80 bits per heavy atom. The monoisotopic (exact) mass is 286 g/mol. The first-order valence-electron chi connectivity index (χ1n) is 6.44. The van der Waals surface area contributed by atoms with Crippen LogP contribution in [-0.2, 0) is 6.54 Å². The normalized spacial score (nSPS) is 11.1. The molecular formula is C16H15FN2S. The van der Waals surface area contributed by atoms with Crippen LogP contribution in [0.25, 0.3) is 10.9 Å². The number of rotatable bonds is 4. The highest BCUT2D eigenvalue weighted by Gasteiger charge is 2.05. The topological polar surface area (TPSA) is 27.8 Å². The summed E-state index contributed by atoms with van der Waals surface area (Å²) in [5.74, 6) is -0.198. The third-order valence-electron chi connectivity index (χ3n) is 3.05. The van der Waals surface area contributed by atoms with Crippen molar-refractivity contribution in [3.8, 4) is 0 Å². The quantitative estimate of drug-likeness (QED) is 0.753. The molecule has 3 rings (SSSR count). The second-order valence-electron chi connectivity index (χ2n) is 4.65. The number of hydrogen-bond acceptors (Lipinski definition) is 2. The van der Waals surface area contributed by atoms with Gasteiger partial charge in [0, 0.05) is 22.3 Å². The molecule has 0 amide bonds. The first-order chi connectivity index (χ1) is 9.74. The SMILES string of the molecule is CNCc1cc(F)cc(Sc2cc3ccccc3[nH]2)c1. The van der Waals surface area contributed by atoms with E-state index in [1.165, 1.54) is 5.39 Å². The van der Waals surface area contributed by atoms with Gasteiger partial charge in [-0.15, -0.1) is 0 Å². The van der Waals surface area contributed by atoms with Gasteiger partial charge in [-0.25, -0.2) is 4.39 Å². The lowest BCUT2D eigenvalue weighted by Crippen LogP contribution is -2.05. The first-order valence-corrected chi connectivity index (χ1v) is 7.26. The zero-order valence-electron chi connectivity index (χ0n) is 11.1. The molecule has 1 heterocycles. The maximum Gasteiger partial charge on any atom is 0.124 e. The van der Waals surface area contributed by atoms with Crippen LogP contribution in [0.3, 0.4) is 0 Å². The Balaban J connectivity index is 1.90. The van der Waals surface area contributed by atoms with Crippen LogP contribution in [0.1, 0.15) is 5.56 Å². The summed E-state index contributed by atoms with van der Waals surface area (Å²) in [7, 11) is 1.86. The molecule has 3 aromatic rings. The molecule has 0 spiro atoms. The van der Waals surface area contributed by atoms with Crippen LogP contribution in [0.15, 0.2) is 58.5 Å². The number of benzene rings is 2. The molecule has 0 saturated heterocycles. The van der Waals surface area contributed by atoms with Crippen molar-refractivity contribution in [2.45, 2.75) is 16.5 Å². The summed E-state index contributed by atoms with van der Waals surface area (Å²) in [6, 6.07) is 15.3. The molecule has 2 aromatic carbocycles. The molecular weight excluding hydrogens is 271 g/mol. The Morgan fingerprint density at radius 2 is 2.00 bits per heavy atom. The minimum Gasteiger partial charge on any atom is -0.349 e. The highest BCUT2D eigenvalue weighted by molar-refractivity contribution is 7.99. The summed E-state index contributed by atoms with van der Waals surface area (Å²) in [6.07, 6.45) is 0. The molecule has 0 atom stereocenters. The zero-order valence-corrected chi connectivity index (χ0v) is 11.9. The predicted octanol–water partition coefficient (Wildman–Crippen LogP) is 4.18. The molecule has 102 valence electrons. The van der Waals surface area contributed by atoms with Crippen molar-refractivity contribution in [3.05, 3.63) is 59.9 Å². The summed E-state index contributed by atoms with van der Waals surface area (Å²) in [4.78, 5) is 4.24. The summed E-state index contributed by atoms with van der Waals surface area (Å²) >= 11 is 1.54. The summed E-state index contributed by atoms with van der Waals surface area (Å²) < 4.78 is 13.6. The molecule has 0 radical (unpaired) electrons. The largest absolute Gasteiger partial charge is 0.349 e. The molecule has 4 heteroatoms. The average Bonchev–Trinajstić information content (AvgIpc) is 2.80. The molecule has 0 aliphatic heterocycles. The van der Waals surface area contributed by atoms with Crippen molar-refractivity contribution in [1.82, 2.24) is 10.3 Å². The number of fused-ring (bicyclic) bond motifs is 1. The van der Waals surface area contributed by atoms with Gasteiger partial charge in [0.15, 0.2) is 0 Å². The summed E-state index contributed by atoms with van der Waals surface area (Å²) in [5, 5.41) is 5.23. The number of H-pyrrole nitrogens is 1. The van der Waals surface area contributed by atoms with E-state index in [1.807, 2.05) is 31.3 Å². The van der Waals surface area contributed by atoms with Gasteiger partial charge in [-0.1, -0.05) is 30.0 Å². The molecule has 0 saturated carbocycles. The zero-order chi connectivity index (χ0) is 13.9. The van der Waals surface area contributed by atoms with E-state index in [-0.39, 0.29) is 5.82 Å². The van der Waals surface area contributed by atoms with Crippen molar-refractivity contribution in [1.29, 1.82) is 0 Å². The van der Waals surface area contributed by atoms with E-state index in [0.717, 1.165) is 21.0 Å². The molecule has 0 unspecified atom stereocenters. The van der Waals surface area contributed by atoms with Gasteiger partial charge in [0.05, 0.1) is 5.03 Å². The maximum absolute atomic E-state index is 13.6. The molecule has 0 bridgehead atoms. The maximum atomic E-state index is 13.6. The fourth-order valence-corrected chi connectivity index (χ4v) is 3.20. The second kappa shape index (κ2) is 5.69. The van der Waals surface area contributed by atoms with Gasteiger partial charge in [0.25, 0.3) is 0 Å². The Hall–Kier alpha value is -1.78. The van der Waals surface area contributed by atoms with Gasteiger partial charge < -0.3 is 10.3 Å². The average molecular weight is 286 g/mol. The molecule has 0 fully saturated rings. The fourth-order valence-electron chi connectivity index (χ4n) is 2.21. The van der Waals surface area contributed by atoms with Gasteiger partial charge in [-0.2, -0.15) is 0 Å². The third-order valence-corrected chi connectivity index (χ3v) is 3.96. The highest BCUT2D eigenvalue weighted by Crippen LogP contribution is 2.30. The highest BCUT2D eigenvalue weighted by atomic mass is 32.2. The lowest BCUT2D eigenvalue weighted by molar-refractivity contribution is 0.619. The van der Waals surface area contributed by atoms with Crippen molar-refractivity contribution in [2.24, 2.45) is 0 Å². The van der Waals surface area contributed by atoms with Crippen molar-refractivity contribution < 1.29 is 4.39 Å². The Labute approximate surface area is 121 Å². The molecule has 2 nitrogen and oxygen atoms in total.